The second kappa shape index (κ2) is 8.97. The number of Topliss-reactive ketones (excluding diaryl/α,β-unsaturated/α-hetero) is 1. The molecule has 1 amide bonds. The molecule has 170 valence electrons. The van der Waals surface area contributed by atoms with Crippen LogP contribution in [0.15, 0.2) is 30.5 Å². The van der Waals surface area contributed by atoms with Crippen LogP contribution >= 0.6 is 0 Å². The molecule has 2 aromatic rings. The lowest BCUT2D eigenvalue weighted by Gasteiger charge is -2.29. The van der Waals surface area contributed by atoms with Gasteiger partial charge in [-0.1, -0.05) is 53.7 Å². The van der Waals surface area contributed by atoms with Gasteiger partial charge < -0.3 is 4.90 Å². The van der Waals surface area contributed by atoms with E-state index >= 15 is 0 Å². The van der Waals surface area contributed by atoms with E-state index in [1.165, 1.54) is 0 Å². The van der Waals surface area contributed by atoms with Gasteiger partial charge in [0.25, 0.3) is 11.7 Å². The minimum atomic E-state index is -0.491. The van der Waals surface area contributed by atoms with Crippen molar-refractivity contribution in [3.63, 3.8) is 0 Å². The number of H-pyrrole nitrogens is 1. The number of amides is 1. The highest BCUT2D eigenvalue weighted by atomic mass is 16.2. The number of carbonyl (C=O) groups is 2. The molecule has 0 aliphatic rings. The fraction of sp³-hybridized carbons (Fsp3) is 0.577. The van der Waals surface area contributed by atoms with Crippen molar-refractivity contribution in [3.05, 3.63) is 41.7 Å². The van der Waals surface area contributed by atoms with E-state index in [1.54, 1.807) is 4.90 Å². The Hall–Kier alpha value is -2.43. The van der Waals surface area contributed by atoms with Crippen LogP contribution in [0.25, 0.3) is 11.4 Å². The van der Waals surface area contributed by atoms with Gasteiger partial charge in [0, 0.05) is 16.9 Å². The van der Waals surface area contributed by atoms with Gasteiger partial charge in [-0.2, -0.15) is 0 Å². The first kappa shape index (κ1) is 24.8. The fourth-order valence-corrected chi connectivity index (χ4v) is 3.33. The number of aromatic nitrogens is 2. The normalized spacial score (nSPS) is 12.5. The standard InChI is InChI=1S/C26H39N3O2/c1-17(2)28-15-21(25(5,6)7)27-23(28)19-13-11-12-14-20(19)24(31)29(18(3)4)16-22(30)26(8,9)10/h11-15,17-18H,16H2,1-10H3/p+1. The minimum Gasteiger partial charge on any atom is -0.329 e. The van der Waals surface area contributed by atoms with Crippen LogP contribution in [0.4, 0.5) is 0 Å². The van der Waals surface area contributed by atoms with Gasteiger partial charge in [0.15, 0.2) is 5.78 Å². The second-order valence-corrected chi connectivity index (χ2v) is 11.0. The molecule has 0 saturated heterocycles. The van der Waals surface area contributed by atoms with Gasteiger partial charge in [0.05, 0.1) is 23.7 Å². The Balaban J connectivity index is 2.59. The van der Waals surface area contributed by atoms with Crippen LogP contribution in [0.2, 0.25) is 0 Å². The van der Waals surface area contributed by atoms with E-state index in [0.29, 0.717) is 5.56 Å². The van der Waals surface area contributed by atoms with Crippen molar-refractivity contribution in [3.8, 4) is 11.4 Å². The van der Waals surface area contributed by atoms with Crippen molar-refractivity contribution in [2.24, 2.45) is 5.41 Å². The van der Waals surface area contributed by atoms with Gasteiger partial charge in [-0.3, -0.25) is 9.59 Å². The van der Waals surface area contributed by atoms with E-state index in [2.05, 4.69) is 50.4 Å². The maximum atomic E-state index is 13.7. The van der Waals surface area contributed by atoms with Gasteiger partial charge in [-0.15, -0.1) is 0 Å². The summed E-state index contributed by atoms with van der Waals surface area (Å²) in [4.78, 5) is 31.7. The molecule has 1 heterocycles. The zero-order chi connectivity index (χ0) is 23.7. The molecule has 0 aliphatic carbocycles. The number of nitrogens with one attached hydrogen (secondary N) is 1. The SMILES string of the molecule is CC(C)N(CC(=O)C(C)(C)C)C(=O)c1ccccc1-c1[nH]c(C(C)(C)C)c[n+]1C(C)C. The number of hydrogen-bond donors (Lipinski definition) is 1. The monoisotopic (exact) mass is 426 g/mol. The highest BCUT2D eigenvalue weighted by Crippen LogP contribution is 2.27. The van der Waals surface area contributed by atoms with Gasteiger partial charge in [-0.05, 0) is 39.8 Å². The van der Waals surface area contributed by atoms with Crippen molar-refractivity contribution < 1.29 is 14.2 Å². The van der Waals surface area contributed by atoms with E-state index in [0.717, 1.165) is 17.1 Å². The lowest BCUT2D eigenvalue weighted by atomic mass is 9.90. The summed E-state index contributed by atoms with van der Waals surface area (Å²) >= 11 is 0. The fourth-order valence-electron chi connectivity index (χ4n) is 3.33. The first-order chi connectivity index (χ1) is 14.1. The molecule has 5 heteroatoms. The third-order valence-electron chi connectivity index (χ3n) is 5.59. The average Bonchev–Trinajstić information content (AvgIpc) is 3.10. The van der Waals surface area contributed by atoms with Crippen LogP contribution in [-0.2, 0) is 10.2 Å². The predicted octanol–water partition coefficient (Wildman–Crippen LogP) is 5.31. The van der Waals surface area contributed by atoms with Crippen molar-refractivity contribution in [2.45, 2.75) is 86.7 Å². The maximum Gasteiger partial charge on any atom is 0.287 e. The summed E-state index contributed by atoms with van der Waals surface area (Å²) in [6, 6.07) is 7.82. The number of carbonyl (C=O) groups excluding carboxylic acids is 2. The zero-order valence-electron chi connectivity index (χ0n) is 21.0. The Morgan fingerprint density at radius 3 is 2.06 bits per heavy atom. The Bertz CT molecular complexity index is 940. The van der Waals surface area contributed by atoms with Crippen LogP contribution in [0, 0.1) is 5.41 Å². The molecule has 1 aromatic heterocycles. The van der Waals surface area contributed by atoms with Crippen molar-refractivity contribution in [2.75, 3.05) is 6.54 Å². The van der Waals surface area contributed by atoms with Crippen LogP contribution in [0.3, 0.4) is 0 Å². The van der Waals surface area contributed by atoms with Crippen LogP contribution in [0.1, 0.15) is 91.3 Å². The Morgan fingerprint density at radius 2 is 1.58 bits per heavy atom. The Labute approximate surface area is 187 Å². The molecule has 0 radical (unpaired) electrons. The number of hydrogen-bond acceptors (Lipinski definition) is 2. The molecule has 0 saturated carbocycles. The largest absolute Gasteiger partial charge is 0.329 e. The van der Waals surface area contributed by atoms with Crippen molar-refractivity contribution >= 4 is 11.7 Å². The van der Waals surface area contributed by atoms with Crippen LogP contribution in [0.5, 0.6) is 0 Å². The Morgan fingerprint density at radius 1 is 1.00 bits per heavy atom. The topological polar surface area (TPSA) is 57.1 Å². The smallest absolute Gasteiger partial charge is 0.287 e. The summed E-state index contributed by atoms with van der Waals surface area (Å²) < 4.78 is 2.19. The number of ketones is 1. The zero-order valence-corrected chi connectivity index (χ0v) is 21.0. The minimum absolute atomic E-state index is 0.0447. The molecule has 0 aliphatic heterocycles. The maximum absolute atomic E-state index is 13.7. The van der Waals surface area contributed by atoms with E-state index in [-0.39, 0.29) is 35.7 Å². The molecule has 1 aromatic carbocycles. The Kier molecular flexibility index (Phi) is 7.19. The molecule has 0 atom stereocenters. The molecule has 5 nitrogen and oxygen atoms in total. The highest BCUT2D eigenvalue weighted by Gasteiger charge is 2.32. The van der Waals surface area contributed by atoms with Gasteiger partial charge in [0.1, 0.15) is 11.9 Å². The first-order valence-corrected chi connectivity index (χ1v) is 11.2. The molecule has 2 rings (SSSR count). The lowest BCUT2D eigenvalue weighted by molar-refractivity contribution is -0.704. The van der Waals surface area contributed by atoms with E-state index in [1.807, 2.05) is 58.9 Å². The molecule has 31 heavy (non-hydrogen) atoms. The van der Waals surface area contributed by atoms with E-state index < -0.39 is 5.41 Å². The van der Waals surface area contributed by atoms with Gasteiger partial charge in [0.2, 0.25) is 0 Å². The van der Waals surface area contributed by atoms with Crippen LogP contribution in [-0.4, -0.2) is 34.2 Å². The molecule has 0 fully saturated rings. The van der Waals surface area contributed by atoms with Crippen molar-refractivity contribution in [1.82, 2.24) is 9.88 Å². The highest BCUT2D eigenvalue weighted by molar-refractivity contribution is 6.02. The first-order valence-electron chi connectivity index (χ1n) is 11.2. The van der Waals surface area contributed by atoms with Gasteiger partial charge in [-0.25, -0.2) is 9.55 Å². The van der Waals surface area contributed by atoms with E-state index in [4.69, 9.17) is 0 Å². The predicted molar refractivity (Wildman–Crippen MR) is 126 cm³/mol. The summed E-state index contributed by atoms with van der Waals surface area (Å²) in [7, 11) is 0. The average molecular weight is 427 g/mol. The quantitative estimate of drug-likeness (QED) is 0.636. The molecule has 1 N–H and O–H groups in total. The number of imidazole rings is 1. The summed E-state index contributed by atoms with van der Waals surface area (Å²) in [5, 5.41) is 0. The molecule has 0 spiro atoms. The number of nitrogens with zero attached hydrogens (tertiary/aromatic N) is 2. The molecular weight excluding hydrogens is 386 g/mol. The summed E-state index contributed by atoms with van der Waals surface area (Å²) in [5.41, 5.74) is 2.04. The lowest BCUT2D eigenvalue weighted by Crippen LogP contribution is -2.44. The summed E-state index contributed by atoms with van der Waals surface area (Å²) in [6.45, 7) is 20.5. The van der Waals surface area contributed by atoms with Gasteiger partial charge >= 0.3 is 0 Å². The summed E-state index contributed by atoms with van der Waals surface area (Å²) in [6.07, 6.45) is 2.14. The molecular formula is C26H40N3O2+. The molecule has 0 unspecified atom stereocenters. The third kappa shape index (κ3) is 5.63. The van der Waals surface area contributed by atoms with E-state index in [9.17, 15) is 9.59 Å². The number of rotatable bonds is 6. The van der Waals surface area contributed by atoms with Crippen molar-refractivity contribution in [1.29, 1.82) is 0 Å². The second-order valence-electron chi connectivity index (χ2n) is 11.0. The summed E-state index contributed by atoms with van der Waals surface area (Å²) in [5.74, 6) is 0.847. The third-order valence-corrected chi connectivity index (χ3v) is 5.59. The number of aromatic amines is 1. The molecule has 0 bridgehead atoms. The number of benzene rings is 1. The van der Waals surface area contributed by atoms with Crippen LogP contribution < -0.4 is 4.57 Å².